The van der Waals surface area contributed by atoms with E-state index in [2.05, 4.69) is 20.0 Å². The Morgan fingerprint density at radius 3 is 1.54 bits per heavy atom. The Hall–Kier alpha value is -5.98. The molecule has 0 amide bonds. The highest BCUT2D eigenvalue weighted by molar-refractivity contribution is 6.19. The fraction of sp³-hybridized carbons (Fsp3) is 0. The summed E-state index contributed by atoms with van der Waals surface area (Å²) in [5.74, 6) is 0. The van der Waals surface area contributed by atoms with Crippen LogP contribution in [0.25, 0.3) is 5.57 Å². The number of nitro benzene ring substituents is 3. The summed E-state index contributed by atoms with van der Waals surface area (Å²) in [6.45, 7) is 0. The predicted molar refractivity (Wildman–Crippen MR) is 144 cm³/mol. The van der Waals surface area contributed by atoms with Crippen LogP contribution in [0.4, 0.5) is 17.1 Å². The van der Waals surface area contributed by atoms with Gasteiger partial charge in [0.05, 0.1) is 66.0 Å². The Labute approximate surface area is 218 Å². The third kappa shape index (κ3) is 4.29. The van der Waals surface area contributed by atoms with Gasteiger partial charge in [0.25, 0.3) is 0 Å². The van der Waals surface area contributed by atoms with Crippen molar-refractivity contribution in [1.82, 2.24) is 0 Å². The van der Waals surface area contributed by atoms with Crippen LogP contribution in [0.15, 0.2) is 122 Å². The molecule has 5 aliphatic heterocycles. The first-order valence-corrected chi connectivity index (χ1v) is 11.3. The SMILES string of the molecule is O=[N+]([O-])c1ccc(C2=CC3=NC2=CC2=NC(=CC4=NC(=CC5=NC(=C3)C=C5)C=C4)C=C2)c([N+](=O)[O-])c1[N+](=O)[O-]. The molecule has 5 heterocycles. The van der Waals surface area contributed by atoms with Crippen LogP contribution in [-0.2, 0) is 0 Å². The van der Waals surface area contributed by atoms with Crippen molar-refractivity contribution >= 4 is 45.5 Å². The molecule has 13 heteroatoms. The second-order valence-electron chi connectivity index (χ2n) is 8.54. The highest BCUT2D eigenvalue weighted by atomic mass is 16.6. The number of benzene rings is 1. The van der Waals surface area contributed by atoms with Crippen molar-refractivity contribution in [3.8, 4) is 0 Å². The Balaban J connectivity index is 1.56. The second kappa shape index (κ2) is 8.85. The molecule has 0 radical (unpaired) electrons. The molecule has 39 heavy (non-hydrogen) atoms. The lowest BCUT2D eigenvalue weighted by molar-refractivity contribution is -0.441. The first-order chi connectivity index (χ1) is 18.7. The number of nitrogens with zero attached hydrogens (tertiary/aromatic N) is 7. The normalized spacial score (nSPS) is 18.4. The molecule has 0 unspecified atom stereocenters. The highest BCUT2D eigenvalue weighted by Gasteiger charge is 2.40. The van der Waals surface area contributed by atoms with E-state index >= 15 is 0 Å². The molecule has 0 saturated carbocycles. The van der Waals surface area contributed by atoms with E-state index in [9.17, 15) is 30.3 Å². The minimum Gasteiger partial charge on any atom is -0.258 e. The highest BCUT2D eigenvalue weighted by Crippen LogP contribution is 2.44. The topological polar surface area (TPSA) is 179 Å². The van der Waals surface area contributed by atoms with Crippen LogP contribution in [0.5, 0.6) is 0 Å². The molecule has 0 spiro atoms. The molecule has 1 aromatic rings. The third-order valence-electron chi connectivity index (χ3n) is 6.02. The number of rotatable bonds is 4. The fourth-order valence-electron chi connectivity index (χ4n) is 4.41. The first kappa shape index (κ1) is 23.4. The monoisotopic (exact) mass is 519 g/mol. The number of fused-ring (bicyclic) bond motifs is 4. The summed E-state index contributed by atoms with van der Waals surface area (Å²) in [6.07, 6.45) is 19.1. The Morgan fingerprint density at radius 2 is 1.03 bits per heavy atom. The van der Waals surface area contributed by atoms with Crippen molar-refractivity contribution in [2.45, 2.75) is 0 Å². The zero-order chi connectivity index (χ0) is 27.3. The molecule has 8 bridgehead atoms. The lowest BCUT2D eigenvalue weighted by Crippen LogP contribution is -2.05. The maximum Gasteiger partial charge on any atom is 0.422 e. The molecule has 0 atom stereocenters. The van der Waals surface area contributed by atoms with Gasteiger partial charge in [0.15, 0.2) is 0 Å². The molecule has 0 saturated heterocycles. The van der Waals surface area contributed by atoms with Gasteiger partial charge in [0.1, 0.15) is 0 Å². The zero-order valence-corrected chi connectivity index (χ0v) is 19.6. The van der Waals surface area contributed by atoms with Crippen LogP contribution in [0.2, 0.25) is 0 Å². The standard InChI is InChI=1S/C26H13N7O6/c34-31(35)24-8-7-21(25(32(36)37)26(24)33(38)39)22-12-20-11-18-4-3-16(28-18)9-14-1-2-15(27-14)10-17-5-6-19(29-17)13-23(22)30-20/h1-13H. The molecular weight excluding hydrogens is 506 g/mol. The molecular formula is C26H13N7O6. The molecule has 6 rings (SSSR count). The van der Waals surface area contributed by atoms with Gasteiger partial charge >= 0.3 is 17.1 Å². The number of nitro groups is 3. The number of hydrogen-bond acceptors (Lipinski definition) is 10. The summed E-state index contributed by atoms with van der Waals surface area (Å²) in [6, 6.07) is 2.00. The lowest BCUT2D eigenvalue weighted by Gasteiger charge is -2.06. The molecule has 0 aliphatic carbocycles. The van der Waals surface area contributed by atoms with Gasteiger partial charge < -0.3 is 0 Å². The largest absolute Gasteiger partial charge is 0.422 e. The number of allylic oxidation sites excluding steroid dienone is 12. The second-order valence-corrected chi connectivity index (χ2v) is 8.54. The maximum absolute atomic E-state index is 12.0. The molecule has 1 aromatic carbocycles. The minimum absolute atomic E-state index is 0.170. The van der Waals surface area contributed by atoms with E-state index in [4.69, 9.17) is 0 Å². The smallest absolute Gasteiger partial charge is 0.258 e. The van der Waals surface area contributed by atoms with Gasteiger partial charge in [-0.15, -0.1) is 0 Å². The van der Waals surface area contributed by atoms with Gasteiger partial charge in [-0.1, -0.05) is 0 Å². The summed E-state index contributed by atoms with van der Waals surface area (Å²) in [4.78, 5) is 50.3. The van der Waals surface area contributed by atoms with E-state index in [1.165, 1.54) is 6.08 Å². The van der Waals surface area contributed by atoms with E-state index in [0.717, 1.165) is 17.8 Å². The molecule has 13 nitrogen and oxygen atoms in total. The predicted octanol–water partition coefficient (Wildman–Crippen LogP) is 4.83. The first-order valence-electron chi connectivity index (χ1n) is 11.3. The Kier molecular flexibility index (Phi) is 5.31. The van der Waals surface area contributed by atoms with Gasteiger partial charge in [-0.05, 0) is 72.9 Å². The fourth-order valence-corrected chi connectivity index (χ4v) is 4.41. The van der Waals surface area contributed by atoms with Crippen LogP contribution in [-0.4, -0.2) is 37.6 Å². The zero-order valence-electron chi connectivity index (χ0n) is 19.6. The summed E-state index contributed by atoms with van der Waals surface area (Å²) >= 11 is 0. The van der Waals surface area contributed by atoms with E-state index in [1.54, 1.807) is 42.5 Å². The van der Waals surface area contributed by atoms with Crippen LogP contribution in [0, 0.1) is 30.3 Å². The van der Waals surface area contributed by atoms with Crippen molar-refractivity contribution in [1.29, 1.82) is 0 Å². The van der Waals surface area contributed by atoms with Gasteiger partial charge in [0, 0.05) is 11.6 Å². The summed E-state index contributed by atoms with van der Waals surface area (Å²) in [5.41, 5.74) is 1.12. The van der Waals surface area contributed by atoms with Gasteiger partial charge in [0.2, 0.25) is 0 Å². The van der Waals surface area contributed by atoms with Crippen LogP contribution >= 0.6 is 0 Å². The lowest BCUT2D eigenvalue weighted by atomic mass is 9.98. The number of hydrogen-bond donors (Lipinski definition) is 0. The summed E-state index contributed by atoms with van der Waals surface area (Å²) in [5, 5.41) is 35.2. The van der Waals surface area contributed by atoms with Crippen molar-refractivity contribution in [3.63, 3.8) is 0 Å². The van der Waals surface area contributed by atoms with Crippen LogP contribution in [0.1, 0.15) is 5.56 Å². The molecule has 0 N–H and O–H groups in total. The van der Waals surface area contributed by atoms with Crippen molar-refractivity contribution < 1.29 is 14.8 Å². The van der Waals surface area contributed by atoms with E-state index in [1.807, 2.05) is 18.2 Å². The van der Waals surface area contributed by atoms with Crippen LogP contribution < -0.4 is 0 Å². The third-order valence-corrected chi connectivity index (χ3v) is 6.02. The van der Waals surface area contributed by atoms with Crippen molar-refractivity contribution in [2.24, 2.45) is 20.0 Å². The van der Waals surface area contributed by atoms with E-state index in [-0.39, 0.29) is 16.8 Å². The van der Waals surface area contributed by atoms with Crippen molar-refractivity contribution in [3.05, 3.63) is 138 Å². The van der Waals surface area contributed by atoms with Gasteiger partial charge in [-0.3, -0.25) is 30.3 Å². The average Bonchev–Trinajstić information content (AvgIpc) is 3.68. The Morgan fingerprint density at radius 1 is 0.513 bits per heavy atom. The minimum atomic E-state index is -1.21. The van der Waals surface area contributed by atoms with E-state index < -0.39 is 31.8 Å². The quantitative estimate of drug-likeness (QED) is 0.406. The number of aliphatic imine (C=N–C) groups is 4. The van der Waals surface area contributed by atoms with Crippen LogP contribution in [0.3, 0.4) is 0 Å². The molecule has 5 aliphatic rings. The van der Waals surface area contributed by atoms with Gasteiger partial charge in [-0.25, -0.2) is 20.0 Å². The van der Waals surface area contributed by atoms with E-state index in [0.29, 0.717) is 34.2 Å². The van der Waals surface area contributed by atoms with Gasteiger partial charge in [-0.2, -0.15) is 0 Å². The maximum atomic E-state index is 12.0. The summed E-state index contributed by atoms with van der Waals surface area (Å²) in [7, 11) is 0. The van der Waals surface area contributed by atoms with Crippen molar-refractivity contribution in [2.75, 3.05) is 0 Å². The Bertz CT molecular complexity index is 1820. The molecule has 0 fully saturated rings. The summed E-state index contributed by atoms with van der Waals surface area (Å²) < 4.78 is 0. The molecule has 0 aromatic heterocycles. The average molecular weight is 519 g/mol. The molecule has 188 valence electrons.